The zero-order chi connectivity index (χ0) is 13.5. The van der Waals surface area contributed by atoms with E-state index in [1.165, 1.54) is 0 Å². The van der Waals surface area contributed by atoms with Crippen LogP contribution in [-0.2, 0) is 9.84 Å². The predicted octanol–water partition coefficient (Wildman–Crippen LogP) is 3.67. The molecule has 4 heteroatoms. The van der Waals surface area contributed by atoms with Gasteiger partial charge < -0.3 is 0 Å². The number of rotatable bonds is 3. The second kappa shape index (κ2) is 4.66. The minimum Gasteiger partial charge on any atom is -0.223 e. The molecule has 2 aromatic rings. The van der Waals surface area contributed by atoms with Crippen LogP contribution in [-0.4, -0.2) is 13.7 Å². The zero-order valence-corrected chi connectivity index (χ0v) is 11.7. The quantitative estimate of drug-likeness (QED) is 0.865. The molecule has 2 atom stereocenters. The SMILES string of the molecule is O=S(=O)(c1ccccc1Cl)[C@H]1C[C@@H]1c1ccccc1. The van der Waals surface area contributed by atoms with E-state index in [2.05, 4.69) is 0 Å². The van der Waals surface area contributed by atoms with Gasteiger partial charge in [0.1, 0.15) is 0 Å². The van der Waals surface area contributed by atoms with Crippen LogP contribution >= 0.6 is 11.6 Å². The van der Waals surface area contributed by atoms with Gasteiger partial charge in [-0.25, -0.2) is 8.42 Å². The summed E-state index contributed by atoms with van der Waals surface area (Å²) in [6.07, 6.45) is 0.678. The van der Waals surface area contributed by atoms with E-state index in [9.17, 15) is 8.42 Å². The molecule has 2 nitrogen and oxygen atoms in total. The second-order valence-corrected chi connectivity index (χ2v) is 7.31. The number of halogens is 1. The van der Waals surface area contributed by atoms with Gasteiger partial charge in [0.05, 0.1) is 15.2 Å². The maximum atomic E-state index is 12.5. The largest absolute Gasteiger partial charge is 0.223 e. The van der Waals surface area contributed by atoms with Crippen LogP contribution in [0.5, 0.6) is 0 Å². The number of hydrogen-bond acceptors (Lipinski definition) is 2. The average Bonchev–Trinajstić information content (AvgIpc) is 3.21. The molecule has 0 heterocycles. The third kappa shape index (κ3) is 2.28. The first kappa shape index (κ1) is 12.7. The lowest BCUT2D eigenvalue weighted by Gasteiger charge is -2.06. The van der Waals surface area contributed by atoms with Crippen molar-refractivity contribution in [3.63, 3.8) is 0 Å². The number of sulfone groups is 1. The molecule has 19 heavy (non-hydrogen) atoms. The van der Waals surface area contributed by atoms with Crippen LogP contribution < -0.4 is 0 Å². The number of hydrogen-bond donors (Lipinski definition) is 0. The van der Waals surface area contributed by atoms with E-state index >= 15 is 0 Å². The Kier molecular flexibility index (Phi) is 3.11. The summed E-state index contributed by atoms with van der Waals surface area (Å²) in [5.74, 6) is 0.0995. The van der Waals surface area contributed by atoms with Crippen LogP contribution in [0.3, 0.4) is 0 Å². The van der Waals surface area contributed by atoms with E-state index in [4.69, 9.17) is 11.6 Å². The molecule has 0 saturated heterocycles. The van der Waals surface area contributed by atoms with Gasteiger partial charge in [0.25, 0.3) is 0 Å². The van der Waals surface area contributed by atoms with Crippen LogP contribution in [0.15, 0.2) is 59.5 Å². The van der Waals surface area contributed by atoms with Crippen LogP contribution in [0.4, 0.5) is 0 Å². The van der Waals surface area contributed by atoms with Crippen molar-refractivity contribution >= 4 is 21.4 Å². The molecule has 0 bridgehead atoms. The Labute approximate surface area is 118 Å². The third-order valence-electron chi connectivity index (χ3n) is 3.50. The fourth-order valence-corrected chi connectivity index (χ4v) is 4.85. The Morgan fingerprint density at radius 1 is 0.947 bits per heavy atom. The molecule has 0 radical (unpaired) electrons. The van der Waals surface area contributed by atoms with Gasteiger partial charge in [-0.2, -0.15) is 0 Å². The third-order valence-corrected chi connectivity index (χ3v) is 6.23. The Balaban J connectivity index is 1.91. The van der Waals surface area contributed by atoms with E-state index in [0.717, 1.165) is 5.56 Å². The van der Waals surface area contributed by atoms with Gasteiger partial charge in [0.15, 0.2) is 9.84 Å². The van der Waals surface area contributed by atoms with Crippen molar-refractivity contribution in [3.05, 3.63) is 65.2 Å². The molecule has 0 aliphatic heterocycles. The Bertz CT molecular complexity index is 695. The zero-order valence-electron chi connectivity index (χ0n) is 10.2. The van der Waals surface area contributed by atoms with E-state index in [1.807, 2.05) is 30.3 Å². The molecular weight excluding hydrogens is 280 g/mol. The van der Waals surface area contributed by atoms with Crippen molar-refractivity contribution in [2.75, 3.05) is 0 Å². The predicted molar refractivity (Wildman–Crippen MR) is 76.2 cm³/mol. The highest BCUT2D eigenvalue weighted by molar-refractivity contribution is 7.92. The number of benzene rings is 2. The fraction of sp³-hybridized carbons (Fsp3) is 0.200. The first-order chi connectivity index (χ1) is 9.10. The molecular formula is C15H13ClO2S. The fourth-order valence-electron chi connectivity index (χ4n) is 2.40. The molecule has 2 aromatic carbocycles. The molecule has 98 valence electrons. The minimum absolute atomic E-state index is 0.0995. The van der Waals surface area contributed by atoms with Gasteiger partial charge in [-0.15, -0.1) is 0 Å². The summed E-state index contributed by atoms with van der Waals surface area (Å²) in [7, 11) is -3.33. The van der Waals surface area contributed by atoms with Crippen LogP contribution in [0, 0.1) is 0 Å². The van der Waals surface area contributed by atoms with Crippen LogP contribution in [0.1, 0.15) is 17.9 Å². The molecule has 0 amide bonds. The average molecular weight is 293 g/mol. The van der Waals surface area contributed by atoms with Gasteiger partial charge in [-0.1, -0.05) is 54.1 Å². The van der Waals surface area contributed by atoms with Gasteiger partial charge in [-0.3, -0.25) is 0 Å². The second-order valence-electron chi connectivity index (χ2n) is 4.77. The van der Waals surface area contributed by atoms with E-state index in [1.54, 1.807) is 24.3 Å². The van der Waals surface area contributed by atoms with Crippen molar-refractivity contribution in [3.8, 4) is 0 Å². The van der Waals surface area contributed by atoms with E-state index in [-0.39, 0.29) is 16.1 Å². The van der Waals surface area contributed by atoms with Crippen LogP contribution in [0.2, 0.25) is 5.02 Å². The molecule has 0 spiro atoms. The van der Waals surface area contributed by atoms with Crippen molar-refractivity contribution in [2.45, 2.75) is 22.5 Å². The summed E-state index contributed by atoms with van der Waals surface area (Å²) in [5.41, 5.74) is 1.09. The summed E-state index contributed by atoms with van der Waals surface area (Å²) in [6.45, 7) is 0. The van der Waals surface area contributed by atoms with Crippen molar-refractivity contribution in [1.29, 1.82) is 0 Å². The minimum atomic E-state index is -3.33. The van der Waals surface area contributed by atoms with Gasteiger partial charge in [0, 0.05) is 5.92 Å². The molecule has 1 fully saturated rings. The smallest absolute Gasteiger partial charge is 0.183 e. The highest BCUT2D eigenvalue weighted by atomic mass is 35.5. The normalized spacial score (nSPS) is 22.2. The van der Waals surface area contributed by atoms with Crippen molar-refractivity contribution < 1.29 is 8.42 Å². The van der Waals surface area contributed by atoms with Crippen molar-refractivity contribution in [1.82, 2.24) is 0 Å². The van der Waals surface area contributed by atoms with Gasteiger partial charge in [0.2, 0.25) is 0 Å². The summed E-state index contributed by atoms with van der Waals surface area (Å²) >= 11 is 6.00. The lowest BCUT2D eigenvalue weighted by Crippen LogP contribution is -2.09. The molecule has 0 N–H and O–H groups in total. The maximum Gasteiger partial charge on any atom is 0.183 e. The molecule has 1 saturated carbocycles. The van der Waals surface area contributed by atoms with Gasteiger partial charge in [-0.05, 0) is 24.1 Å². The Morgan fingerprint density at radius 3 is 2.26 bits per heavy atom. The Hall–Kier alpha value is -1.32. The van der Waals surface area contributed by atoms with E-state index in [0.29, 0.717) is 11.4 Å². The molecule has 1 aliphatic rings. The first-order valence-corrected chi connectivity index (χ1v) is 8.06. The van der Waals surface area contributed by atoms with Crippen molar-refractivity contribution in [2.24, 2.45) is 0 Å². The highest BCUT2D eigenvalue weighted by Crippen LogP contribution is 2.48. The summed E-state index contributed by atoms with van der Waals surface area (Å²) in [5, 5.41) is -0.0315. The summed E-state index contributed by atoms with van der Waals surface area (Å²) in [4.78, 5) is 0.250. The van der Waals surface area contributed by atoms with E-state index < -0.39 is 9.84 Å². The monoisotopic (exact) mass is 292 g/mol. The first-order valence-electron chi connectivity index (χ1n) is 6.14. The summed E-state index contributed by atoms with van der Waals surface area (Å²) < 4.78 is 25.0. The lowest BCUT2D eigenvalue weighted by atomic mass is 10.1. The summed E-state index contributed by atoms with van der Waals surface area (Å²) in [6, 6.07) is 16.4. The maximum absolute atomic E-state index is 12.5. The highest BCUT2D eigenvalue weighted by Gasteiger charge is 2.49. The topological polar surface area (TPSA) is 34.1 Å². The van der Waals surface area contributed by atoms with Crippen LogP contribution in [0.25, 0.3) is 0 Å². The standard InChI is InChI=1S/C15H13ClO2S/c16-13-8-4-5-9-14(13)19(17,18)15-10-12(15)11-6-2-1-3-7-11/h1-9,12,15H,10H2/t12-,15+/m1/s1. The molecule has 3 rings (SSSR count). The molecule has 0 aromatic heterocycles. The molecule has 1 aliphatic carbocycles. The Morgan fingerprint density at radius 2 is 1.58 bits per heavy atom. The van der Waals surface area contributed by atoms with Gasteiger partial charge >= 0.3 is 0 Å². The lowest BCUT2D eigenvalue weighted by molar-refractivity contribution is 0.594. The molecule has 0 unspecified atom stereocenters.